The molecule has 2 heterocycles. The number of nitrogens with one attached hydrogen (secondary N) is 2. The lowest BCUT2D eigenvalue weighted by Crippen LogP contribution is -2.26. The maximum atomic E-state index is 12.0. The summed E-state index contributed by atoms with van der Waals surface area (Å²) in [5, 5.41) is 5.66. The molecule has 0 bridgehead atoms. The van der Waals surface area contributed by atoms with E-state index in [-0.39, 0.29) is 23.6 Å². The molecule has 0 fully saturated rings. The lowest BCUT2D eigenvalue weighted by atomic mass is 10.0. The number of benzene rings is 1. The van der Waals surface area contributed by atoms with Gasteiger partial charge in [0.05, 0.1) is 12.5 Å². The molecule has 5 nitrogen and oxygen atoms in total. The highest BCUT2D eigenvalue weighted by Gasteiger charge is 2.20. The van der Waals surface area contributed by atoms with E-state index in [1.54, 1.807) is 12.1 Å². The molecule has 6 heteroatoms. The summed E-state index contributed by atoms with van der Waals surface area (Å²) in [5.41, 5.74) is 2.75. The molecule has 1 aromatic carbocycles. The summed E-state index contributed by atoms with van der Waals surface area (Å²) in [6.45, 7) is 1.89. The Kier molecular flexibility index (Phi) is 3.55. The Labute approximate surface area is 129 Å². The highest BCUT2D eigenvalue weighted by Crippen LogP contribution is 2.26. The topological polar surface area (TPSA) is 71.3 Å². The molecule has 2 aromatic rings. The van der Waals surface area contributed by atoms with Crippen LogP contribution >= 0.6 is 15.9 Å². The SMILES string of the molecule is C[C@@H](NC(=O)c1ccc(Br)o1)c1ccc2c(c1)CC(=O)N2. The summed E-state index contributed by atoms with van der Waals surface area (Å²) in [6, 6.07) is 8.80. The first-order valence-corrected chi connectivity index (χ1v) is 7.31. The summed E-state index contributed by atoms with van der Waals surface area (Å²) in [5.74, 6) is -0.0195. The molecule has 0 saturated carbocycles. The second-order valence-corrected chi connectivity index (χ2v) is 5.72. The second-order valence-electron chi connectivity index (χ2n) is 4.94. The highest BCUT2D eigenvalue weighted by atomic mass is 79.9. The maximum absolute atomic E-state index is 12.0. The molecule has 0 spiro atoms. The van der Waals surface area contributed by atoms with Crippen LogP contribution in [-0.4, -0.2) is 11.8 Å². The molecule has 0 saturated heterocycles. The Hall–Kier alpha value is -2.08. The predicted octanol–water partition coefficient (Wildman–Crippen LogP) is 3.03. The van der Waals surface area contributed by atoms with Gasteiger partial charge in [0.15, 0.2) is 10.4 Å². The van der Waals surface area contributed by atoms with Crippen molar-refractivity contribution in [2.75, 3.05) is 5.32 Å². The molecule has 0 radical (unpaired) electrons. The Morgan fingerprint density at radius 2 is 2.19 bits per heavy atom. The molecule has 1 aliphatic rings. The van der Waals surface area contributed by atoms with Crippen LogP contribution in [0.1, 0.15) is 34.6 Å². The molecule has 21 heavy (non-hydrogen) atoms. The maximum Gasteiger partial charge on any atom is 0.287 e. The number of rotatable bonds is 3. The first-order valence-electron chi connectivity index (χ1n) is 6.52. The summed E-state index contributed by atoms with van der Waals surface area (Å²) in [7, 11) is 0. The van der Waals surface area contributed by atoms with Crippen molar-refractivity contribution in [3.63, 3.8) is 0 Å². The first kappa shape index (κ1) is 13.9. The lowest BCUT2D eigenvalue weighted by Gasteiger charge is -2.14. The molecule has 1 aromatic heterocycles. The van der Waals surface area contributed by atoms with E-state index in [4.69, 9.17) is 4.42 Å². The van der Waals surface area contributed by atoms with Gasteiger partial charge < -0.3 is 15.1 Å². The fourth-order valence-electron chi connectivity index (χ4n) is 2.31. The Balaban J connectivity index is 1.74. The van der Waals surface area contributed by atoms with Crippen LogP contribution in [0.25, 0.3) is 0 Å². The standard InChI is InChI=1S/C15H13BrN2O3/c1-8(17-15(20)12-4-5-13(16)21-12)9-2-3-11-10(6-9)7-14(19)18-11/h2-6,8H,7H2,1H3,(H,17,20)(H,18,19)/t8-/m1/s1. The average molecular weight is 349 g/mol. The van der Waals surface area contributed by atoms with Gasteiger partial charge in [0.25, 0.3) is 5.91 Å². The molecular formula is C15H13BrN2O3. The minimum atomic E-state index is -0.275. The van der Waals surface area contributed by atoms with Gasteiger partial charge in [-0.1, -0.05) is 12.1 Å². The van der Waals surface area contributed by atoms with Crippen LogP contribution in [0.4, 0.5) is 5.69 Å². The molecule has 0 unspecified atom stereocenters. The number of carbonyl (C=O) groups is 2. The van der Waals surface area contributed by atoms with Crippen LogP contribution < -0.4 is 10.6 Å². The zero-order valence-electron chi connectivity index (χ0n) is 11.3. The molecule has 108 valence electrons. The van der Waals surface area contributed by atoms with Crippen LogP contribution in [0.2, 0.25) is 0 Å². The fourth-order valence-corrected chi connectivity index (χ4v) is 2.61. The minimum Gasteiger partial charge on any atom is -0.444 e. The largest absolute Gasteiger partial charge is 0.444 e. The number of fused-ring (bicyclic) bond motifs is 1. The molecule has 2 N–H and O–H groups in total. The fraction of sp³-hybridized carbons (Fsp3) is 0.200. The van der Waals surface area contributed by atoms with E-state index < -0.39 is 0 Å². The molecule has 2 amide bonds. The van der Waals surface area contributed by atoms with Gasteiger partial charge in [-0.3, -0.25) is 9.59 Å². The van der Waals surface area contributed by atoms with Gasteiger partial charge in [-0.15, -0.1) is 0 Å². The van der Waals surface area contributed by atoms with Crippen LogP contribution in [0, 0.1) is 0 Å². The van der Waals surface area contributed by atoms with Crippen LogP contribution in [0.15, 0.2) is 39.4 Å². The summed E-state index contributed by atoms with van der Waals surface area (Å²) in [4.78, 5) is 23.4. The van der Waals surface area contributed by atoms with E-state index in [1.165, 1.54) is 0 Å². The Morgan fingerprint density at radius 1 is 1.38 bits per heavy atom. The number of anilines is 1. The lowest BCUT2D eigenvalue weighted by molar-refractivity contribution is -0.115. The second kappa shape index (κ2) is 5.37. The van der Waals surface area contributed by atoms with Gasteiger partial charge in [0.2, 0.25) is 5.91 Å². The number of amides is 2. The van der Waals surface area contributed by atoms with Gasteiger partial charge in [0.1, 0.15) is 0 Å². The van der Waals surface area contributed by atoms with E-state index in [1.807, 2.05) is 25.1 Å². The number of hydrogen-bond acceptors (Lipinski definition) is 3. The van der Waals surface area contributed by atoms with Gasteiger partial charge in [-0.25, -0.2) is 0 Å². The van der Waals surface area contributed by atoms with Crippen molar-refractivity contribution >= 4 is 33.4 Å². The number of furan rings is 1. The van der Waals surface area contributed by atoms with Crippen molar-refractivity contribution in [3.8, 4) is 0 Å². The summed E-state index contributed by atoms with van der Waals surface area (Å²) < 4.78 is 5.74. The Morgan fingerprint density at radius 3 is 2.90 bits per heavy atom. The Bertz CT molecular complexity index is 723. The molecule has 3 rings (SSSR count). The van der Waals surface area contributed by atoms with Crippen LogP contribution in [0.3, 0.4) is 0 Å². The number of halogens is 1. The monoisotopic (exact) mass is 348 g/mol. The van der Waals surface area contributed by atoms with Gasteiger partial charge in [-0.05, 0) is 52.2 Å². The predicted molar refractivity (Wildman–Crippen MR) is 81.1 cm³/mol. The van der Waals surface area contributed by atoms with E-state index in [9.17, 15) is 9.59 Å². The van der Waals surface area contributed by atoms with E-state index >= 15 is 0 Å². The van der Waals surface area contributed by atoms with Gasteiger partial charge in [-0.2, -0.15) is 0 Å². The van der Waals surface area contributed by atoms with Crippen molar-refractivity contribution in [2.45, 2.75) is 19.4 Å². The molecule has 1 atom stereocenters. The minimum absolute atomic E-state index is 0.000672. The zero-order chi connectivity index (χ0) is 15.0. The first-order chi connectivity index (χ1) is 10.0. The van der Waals surface area contributed by atoms with E-state index in [2.05, 4.69) is 26.6 Å². The summed E-state index contributed by atoms with van der Waals surface area (Å²) in [6.07, 6.45) is 0.384. The normalized spacial score (nSPS) is 14.5. The third-order valence-corrected chi connectivity index (χ3v) is 3.83. The third-order valence-electron chi connectivity index (χ3n) is 3.40. The smallest absolute Gasteiger partial charge is 0.287 e. The number of hydrogen-bond donors (Lipinski definition) is 2. The summed E-state index contributed by atoms with van der Waals surface area (Å²) >= 11 is 3.17. The van der Waals surface area contributed by atoms with E-state index in [0.29, 0.717) is 11.1 Å². The molecular weight excluding hydrogens is 336 g/mol. The average Bonchev–Trinajstić information content (AvgIpc) is 3.02. The van der Waals surface area contributed by atoms with Crippen molar-refractivity contribution in [1.29, 1.82) is 0 Å². The third kappa shape index (κ3) is 2.85. The van der Waals surface area contributed by atoms with Crippen molar-refractivity contribution < 1.29 is 14.0 Å². The quantitative estimate of drug-likeness (QED) is 0.895. The number of carbonyl (C=O) groups excluding carboxylic acids is 2. The highest BCUT2D eigenvalue weighted by molar-refractivity contribution is 9.10. The van der Waals surface area contributed by atoms with Crippen molar-refractivity contribution in [3.05, 3.63) is 51.9 Å². The van der Waals surface area contributed by atoms with Gasteiger partial charge >= 0.3 is 0 Å². The van der Waals surface area contributed by atoms with Crippen LogP contribution in [-0.2, 0) is 11.2 Å². The van der Waals surface area contributed by atoms with E-state index in [0.717, 1.165) is 16.8 Å². The van der Waals surface area contributed by atoms with Gasteiger partial charge in [0, 0.05) is 5.69 Å². The zero-order valence-corrected chi connectivity index (χ0v) is 12.9. The van der Waals surface area contributed by atoms with Crippen molar-refractivity contribution in [1.82, 2.24) is 5.32 Å². The van der Waals surface area contributed by atoms with Crippen molar-refractivity contribution in [2.24, 2.45) is 0 Å². The molecule has 1 aliphatic heterocycles. The molecule has 0 aliphatic carbocycles. The van der Waals surface area contributed by atoms with Crippen LogP contribution in [0.5, 0.6) is 0 Å².